The van der Waals surface area contributed by atoms with Crippen LogP contribution in [0.2, 0.25) is 0 Å². The number of rotatable bonds is 2. The van der Waals surface area contributed by atoms with Crippen LogP contribution in [-0.2, 0) is 4.79 Å². The van der Waals surface area contributed by atoms with E-state index in [0.717, 1.165) is 50.3 Å². The van der Waals surface area contributed by atoms with E-state index in [2.05, 4.69) is 21.2 Å². The van der Waals surface area contributed by atoms with Gasteiger partial charge < -0.3 is 5.32 Å². The Morgan fingerprint density at radius 2 is 1.86 bits per heavy atom. The van der Waals surface area contributed by atoms with E-state index in [-0.39, 0.29) is 15.9 Å². The Labute approximate surface area is 136 Å². The maximum Gasteiger partial charge on any atom is 0.230 e. The molecule has 1 N–H and O–H groups in total. The van der Waals surface area contributed by atoms with E-state index in [0.29, 0.717) is 11.8 Å². The van der Waals surface area contributed by atoms with Crippen LogP contribution in [0.1, 0.15) is 38.5 Å². The molecule has 0 aromatic heterocycles. The highest BCUT2D eigenvalue weighted by Crippen LogP contribution is 2.64. The van der Waals surface area contributed by atoms with Gasteiger partial charge in [-0.3, -0.25) is 4.79 Å². The second-order valence-electron chi connectivity index (χ2n) is 7.47. The van der Waals surface area contributed by atoms with Crippen molar-refractivity contribution in [1.29, 1.82) is 0 Å². The molecule has 0 heterocycles. The van der Waals surface area contributed by atoms with Gasteiger partial charge in [-0.25, -0.2) is 8.78 Å². The number of nitrogens with one attached hydrogen (secondary N) is 1. The number of benzene rings is 1. The van der Waals surface area contributed by atoms with Gasteiger partial charge in [0.2, 0.25) is 5.91 Å². The van der Waals surface area contributed by atoms with E-state index in [9.17, 15) is 13.6 Å². The van der Waals surface area contributed by atoms with E-state index in [1.165, 1.54) is 6.42 Å². The van der Waals surface area contributed by atoms with Gasteiger partial charge in [-0.1, -0.05) is 15.9 Å². The van der Waals surface area contributed by atoms with Gasteiger partial charge in [-0.15, -0.1) is 0 Å². The highest BCUT2D eigenvalue weighted by molar-refractivity contribution is 9.10. The topological polar surface area (TPSA) is 29.1 Å². The Morgan fingerprint density at radius 1 is 1.18 bits per heavy atom. The molecule has 4 fully saturated rings. The normalized spacial score (nSPS) is 39.0. The maximum atomic E-state index is 13.8. The highest BCUT2D eigenvalue weighted by Gasteiger charge is 2.59. The Morgan fingerprint density at radius 3 is 2.50 bits per heavy atom. The molecule has 2 unspecified atom stereocenters. The third kappa shape index (κ3) is 2.29. The van der Waals surface area contributed by atoms with Crippen molar-refractivity contribution in [3.05, 3.63) is 29.8 Å². The van der Waals surface area contributed by atoms with Crippen molar-refractivity contribution in [1.82, 2.24) is 0 Å². The molecule has 2 atom stereocenters. The van der Waals surface area contributed by atoms with E-state index in [1.807, 2.05) is 0 Å². The lowest BCUT2D eigenvalue weighted by Crippen LogP contribution is -2.57. The first kappa shape index (κ1) is 14.6. The quantitative estimate of drug-likeness (QED) is 0.756. The number of hydrogen-bond donors (Lipinski definition) is 1. The zero-order chi connectivity index (χ0) is 15.5. The van der Waals surface area contributed by atoms with Crippen molar-refractivity contribution >= 4 is 27.5 Å². The molecule has 5 rings (SSSR count). The first-order chi connectivity index (χ1) is 10.4. The van der Waals surface area contributed by atoms with Crippen molar-refractivity contribution in [2.24, 2.45) is 17.3 Å². The van der Waals surface area contributed by atoms with Gasteiger partial charge in [-0.05, 0) is 62.5 Å². The summed E-state index contributed by atoms with van der Waals surface area (Å²) in [4.78, 5) is 12.9. The number of carbonyl (C=O) groups excluding carboxylic acids is 1. The molecule has 1 aromatic rings. The first-order valence-corrected chi connectivity index (χ1v) is 8.62. The second-order valence-corrected chi connectivity index (χ2v) is 9.15. The number of amides is 1. The van der Waals surface area contributed by atoms with Crippen LogP contribution in [-0.4, -0.2) is 10.2 Å². The third-order valence-electron chi connectivity index (χ3n) is 5.65. The summed E-state index contributed by atoms with van der Waals surface area (Å²) in [6.07, 6.45) is 6.02. The number of halogens is 3. The minimum absolute atomic E-state index is 0.0515. The van der Waals surface area contributed by atoms with Crippen LogP contribution in [0, 0.1) is 28.9 Å². The zero-order valence-electron chi connectivity index (χ0n) is 12.2. The summed E-state index contributed by atoms with van der Waals surface area (Å²) < 4.78 is 27.1. The maximum absolute atomic E-state index is 13.8. The summed E-state index contributed by atoms with van der Waals surface area (Å²) in [6, 6.07) is 3.16. The lowest BCUT2D eigenvalue weighted by Gasteiger charge is -2.59. The van der Waals surface area contributed by atoms with Crippen molar-refractivity contribution < 1.29 is 13.6 Å². The summed E-state index contributed by atoms with van der Waals surface area (Å²) in [7, 11) is 0. The van der Waals surface area contributed by atoms with Gasteiger partial charge in [0.1, 0.15) is 11.6 Å². The summed E-state index contributed by atoms with van der Waals surface area (Å²) in [5.41, 5.74) is -0.476. The summed E-state index contributed by atoms with van der Waals surface area (Å²) >= 11 is 3.86. The summed E-state index contributed by atoms with van der Waals surface area (Å²) in [6.45, 7) is 0. The molecule has 22 heavy (non-hydrogen) atoms. The average Bonchev–Trinajstić information content (AvgIpc) is 2.40. The molecule has 0 radical (unpaired) electrons. The third-order valence-corrected chi connectivity index (χ3v) is 6.58. The molecule has 0 saturated heterocycles. The largest absolute Gasteiger partial charge is 0.323 e. The Kier molecular flexibility index (Phi) is 3.16. The van der Waals surface area contributed by atoms with Crippen molar-refractivity contribution in [2.75, 3.05) is 5.32 Å². The van der Waals surface area contributed by atoms with Crippen molar-refractivity contribution in [2.45, 2.75) is 42.8 Å². The van der Waals surface area contributed by atoms with E-state index >= 15 is 0 Å². The molecule has 4 bridgehead atoms. The molecule has 0 spiro atoms. The molecule has 0 aliphatic heterocycles. The molecule has 5 heteroatoms. The molecule has 1 amide bonds. The molecule has 2 nitrogen and oxygen atoms in total. The van der Waals surface area contributed by atoms with Crippen LogP contribution in [0.15, 0.2) is 18.2 Å². The molecular weight excluding hydrogens is 352 g/mol. The molecule has 4 aliphatic carbocycles. The van der Waals surface area contributed by atoms with Gasteiger partial charge in [0.15, 0.2) is 0 Å². The molecular formula is C17H18BrF2NO. The highest BCUT2D eigenvalue weighted by atomic mass is 79.9. The fourth-order valence-corrected chi connectivity index (χ4v) is 6.72. The number of hydrogen-bond acceptors (Lipinski definition) is 1. The second kappa shape index (κ2) is 4.76. The van der Waals surface area contributed by atoms with Crippen LogP contribution in [0.3, 0.4) is 0 Å². The van der Waals surface area contributed by atoms with Gasteiger partial charge in [0.25, 0.3) is 0 Å². The Bertz CT molecular complexity index is 634. The Hall–Kier alpha value is -0.970. The predicted octanol–water partition coefficient (Wildman–Crippen LogP) is 4.64. The summed E-state index contributed by atoms with van der Waals surface area (Å²) in [5, 5.41) is 2.65. The zero-order valence-corrected chi connectivity index (χ0v) is 13.8. The van der Waals surface area contributed by atoms with Crippen LogP contribution in [0.4, 0.5) is 14.5 Å². The molecule has 4 aliphatic rings. The van der Waals surface area contributed by atoms with Gasteiger partial charge in [0, 0.05) is 10.4 Å². The lowest BCUT2D eigenvalue weighted by atomic mass is 9.49. The first-order valence-electron chi connectivity index (χ1n) is 7.83. The van der Waals surface area contributed by atoms with E-state index < -0.39 is 17.0 Å². The fraction of sp³-hybridized carbons (Fsp3) is 0.588. The standard InChI is InChI=1S/C17H18BrF2NO/c18-17-7-10-3-11(8-17)6-16(5-10,9-17)15(22)21-14-4-12(19)1-2-13(14)20/h1-2,4,10-11H,3,5-9H2,(H,21,22). The van der Waals surface area contributed by atoms with Crippen molar-refractivity contribution in [3.63, 3.8) is 0 Å². The minimum Gasteiger partial charge on any atom is -0.323 e. The number of alkyl halides is 1. The Balaban J connectivity index is 1.61. The molecule has 4 saturated carbocycles. The summed E-state index contributed by atoms with van der Waals surface area (Å²) in [5.74, 6) is -0.130. The van der Waals surface area contributed by atoms with Crippen LogP contribution >= 0.6 is 15.9 Å². The van der Waals surface area contributed by atoms with Crippen LogP contribution < -0.4 is 5.32 Å². The minimum atomic E-state index is -0.590. The molecule has 1 aromatic carbocycles. The van der Waals surface area contributed by atoms with Crippen LogP contribution in [0.5, 0.6) is 0 Å². The lowest BCUT2D eigenvalue weighted by molar-refractivity contribution is -0.138. The smallest absolute Gasteiger partial charge is 0.230 e. The number of carbonyl (C=O) groups is 1. The average molecular weight is 370 g/mol. The van der Waals surface area contributed by atoms with Gasteiger partial charge in [-0.2, -0.15) is 0 Å². The monoisotopic (exact) mass is 369 g/mol. The number of anilines is 1. The van der Waals surface area contributed by atoms with Gasteiger partial charge >= 0.3 is 0 Å². The van der Waals surface area contributed by atoms with Crippen LogP contribution in [0.25, 0.3) is 0 Å². The van der Waals surface area contributed by atoms with Gasteiger partial charge in [0.05, 0.1) is 11.1 Å². The SMILES string of the molecule is O=C(Nc1cc(F)ccc1F)C12CC3CC(CC(Br)(C3)C1)C2. The fourth-order valence-electron chi connectivity index (χ4n) is 5.26. The molecule has 118 valence electrons. The van der Waals surface area contributed by atoms with Crippen molar-refractivity contribution in [3.8, 4) is 0 Å². The van der Waals surface area contributed by atoms with E-state index in [1.54, 1.807) is 0 Å². The predicted molar refractivity (Wildman–Crippen MR) is 83.8 cm³/mol. The van der Waals surface area contributed by atoms with E-state index in [4.69, 9.17) is 0 Å².